The summed E-state index contributed by atoms with van der Waals surface area (Å²) in [6, 6.07) is 1.09. The molecule has 142 valence electrons. The molecule has 3 rings (SSSR count). The van der Waals surface area contributed by atoms with Gasteiger partial charge in [0.05, 0.1) is 18.1 Å². The van der Waals surface area contributed by atoms with Gasteiger partial charge in [-0.3, -0.25) is 9.48 Å². The minimum atomic E-state index is -4.48. The van der Waals surface area contributed by atoms with E-state index in [0.717, 1.165) is 18.9 Å². The number of aryl methyl sites for hydroxylation is 1. The monoisotopic (exact) mass is 371 g/mol. The van der Waals surface area contributed by atoms with Crippen LogP contribution in [0.1, 0.15) is 43.5 Å². The topological polar surface area (TPSA) is 74.0 Å². The number of carbonyl (C=O) groups is 1. The van der Waals surface area contributed by atoms with Crippen LogP contribution in [0.2, 0.25) is 0 Å². The molecule has 0 unspecified atom stereocenters. The highest BCUT2D eigenvalue weighted by molar-refractivity contribution is 5.90. The molecule has 10 heteroatoms. The lowest BCUT2D eigenvalue weighted by atomic mass is 10.2. The Morgan fingerprint density at radius 1 is 1.42 bits per heavy atom. The molecule has 1 aliphatic rings. The maximum Gasteiger partial charge on any atom is 0.435 e. The second kappa shape index (κ2) is 7.48. The van der Waals surface area contributed by atoms with Crippen molar-refractivity contribution in [3.05, 3.63) is 29.8 Å². The molecule has 2 heterocycles. The highest BCUT2D eigenvalue weighted by atomic mass is 19.4. The van der Waals surface area contributed by atoms with Gasteiger partial charge in [0.2, 0.25) is 5.91 Å². The summed E-state index contributed by atoms with van der Waals surface area (Å²) in [5, 5.41) is 10.3. The molecule has 2 aromatic rings. The zero-order valence-corrected chi connectivity index (χ0v) is 14.3. The number of anilines is 1. The molecule has 0 aliphatic heterocycles. The van der Waals surface area contributed by atoms with E-state index in [1.165, 1.54) is 15.6 Å². The predicted molar refractivity (Wildman–Crippen MR) is 86.3 cm³/mol. The lowest BCUT2D eigenvalue weighted by molar-refractivity contribution is -0.141. The van der Waals surface area contributed by atoms with Gasteiger partial charge in [0.1, 0.15) is 6.73 Å². The molecule has 1 fully saturated rings. The second-order valence-electron chi connectivity index (χ2n) is 6.14. The van der Waals surface area contributed by atoms with Gasteiger partial charge in [-0.2, -0.15) is 23.4 Å². The molecule has 1 aliphatic carbocycles. The molecule has 0 aromatic carbocycles. The highest BCUT2D eigenvalue weighted by Crippen LogP contribution is 2.42. The van der Waals surface area contributed by atoms with Gasteiger partial charge in [0.25, 0.3) is 0 Å². The fraction of sp³-hybridized carbons (Fsp3) is 0.562. The van der Waals surface area contributed by atoms with E-state index in [2.05, 4.69) is 15.5 Å². The van der Waals surface area contributed by atoms with Gasteiger partial charge in [0.15, 0.2) is 5.69 Å². The summed E-state index contributed by atoms with van der Waals surface area (Å²) in [5.41, 5.74) is 0.153. The molecule has 26 heavy (non-hydrogen) atoms. The third-order valence-electron chi connectivity index (χ3n) is 3.99. The van der Waals surface area contributed by atoms with E-state index in [0.29, 0.717) is 18.0 Å². The summed E-state index contributed by atoms with van der Waals surface area (Å²) < 4.78 is 46.6. The Kier molecular flexibility index (Phi) is 5.30. The first-order valence-electron chi connectivity index (χ1n) is 8.42. The number of hydrogen-bond acceptors (Lipinski definition) is 4. The minimum Gasteiger partial charge on any atom is -0.360 e. The van der Waals surface area contributed by atoms with Crippen LogP contribution in [0, 0.1) is 0 Å². The molecule has 0 spiro atoms. The fourth-order valence-corrected chi connectivity index (χ4v) is 2.57. The summed E-state index contributed by atoms with van der Waals surface area (Å²) in [7, 11) is 0. The quantitative estimate of drug-likeness (QED) is 0.774. The smallest absolute Gasteiger partial charge is 0.360 e. The van der Waals surface area contributed by atoms with E-state index in [1.807, 2.05) is 6.92 Å². The number of halogens is 3. The Morgan fingerprint density at radius 3 is 2.85 bits per heavy atom. The molecule has 0 radical (unpaired) electrons. The average molecular weight is 371 g/mol. The average Bonchev–Trinajstić information content (AvgIpc) is 3.16. The third kappa shape index (κ3) is 4.63. The number of amides is 1. The Hall–Kier alpha value is -2.36. The number of rotatable bonds is 8. The second-order valence-corrected chi connectivity index (χ2v) is 6.14. The normalized spacial score (nSPS) is 14.6. The van der Waals surface area contributed by atoms with E-state index >= 15 is 0 Å². The SMILES string of the molecule is CCOCn1cc(NC(=O)CCn2nc(C(F)(F)F)cc2C2CC2)cn1. The number of alkyl halides is 3. The predicted octanol–water partition coefficient (Wildman–Crippen LogP) is 3.00. The van der Waals surface area contributed by atoms with Crippen LogP contribution >= 0.6 is 0 Å². The van der Waals surface area contributed by atoms with Crippen molar-refractivity contribution in [2.75, 3.05) is 11.9 Å². The van der Waals surface area contributed by atoms with E-state index in [4.69, 9.17) is 4.74 Å². The van der Waals surface area contributed by atoms with E-state index in [9.17, 15) is 18.0 Å². The lowest BCUT2D eigenvalue weighted by Gasteiger charge is -2.07. The number of nitrogens with one attached hydrogen (secondary N) is 1. The van der Waals surface area contributed by atoms with Crippen LogP contribution in [-0.4, -0.2) is 32.1 Å². The number of aromatic nitrogens is 4. The van der Waals surface area contributed by atoms with E-state index in [1.54, 1.807) is 6.20 Å². The van der Waals surface area contributed by atoms with Crippen molar-refractivity contribution in [2.45, 2.75) is 51.6 Å². The van der Waals surface area contributed by atoms with Crippen molar-refractivity contribution in [1.82, 2.24) is 19.6 Å². The van der Waals surface area contributed by atoms with Gasteiger partial charge in [-0.1, -0.05) is 0 Å². The molecule has 7 nitrogen and oxygen atoms in total. The number of hydrogen-bond donors (Lipinski definition) is 1. The molecule has 2 aromatic heterocycles. The van der Waals surface area contributed by atoms with Gasteiger partial charge in [-0.05, 0) is 25.8 Å². The first-order chi connectivity index (χ1) is 12.4. The molecular formula is C16H20F3N5O2. The van der Waals surface area contributed by atoms with Gasteiger partial charge in [0, 0.05) is 31.2 Å². The lowest BCUT2D eigenvalue weighted by Crippen LogP contribution is -2.16. The van der Waals surface area contributed by atoms with Gasteiger partial charge < -0.3 is 10.1 Å². The molecule has 0 saturated heterocycles. The molecule has 1 amide bonds. The van der Waals surface area contributed by atoms with Crippen LogP contribution in [0.5, 0.6) is 0 Å². The number of ether oxygens (including phenoxy) is 1. The Labute approximate surface area is 148 Å². The fourth-order valence-electron chi connectivity index (χ4n) is 2.57. The van der Waals surface area contributed by atoms with Gasteiger partial charge in [-0.15, -0.1) is 0 Å². The van der Waals surface area contributed by atoms with Crippen LogP contribution in [0.3, 0.4) is 0 Å². The van der Waals surface area contributed by atoms with Crippen molar-refractivity contribution in [3.8, 4) is 0 Å². The van der Waals surface area contributed by atoms with E-state index < -0.39 is 11.9 Å². The first-order valence-corrected chi connectivity index (χ1v) is 8.42. The van der Waals surface area contributed by atoms with Crippen LogP contribution in [0.4, 0.5) is 18.9 Å². The Balaban J connectivity index is 1.57. The summed E-state index contributed by atoms with van der Waals surface area (Å²) in [6.07, 6.45) is 0.366. The molecule has 0 bridgehead atoms. The van der Waals surface area contributed by atoms with Crippen LogP contribution in [-0.2, 0) is 29.0 Å². The van der Waals surface area contributed by atoms with Crippen LogP contribution in [0.15, 0.2) is 18.5 Å². The maximum absolute atomic E-state index is 12.9. The van der Waals surface area contributed by atoms with Crippen LogP contribution < -0.4 is 5.32 Å². The zero-order valence-electron chi connectivity index (χ0n) is 14.3. The summed E-state index contributed by atoms with van der Waals surface area (Å²) in [4.78, 5) is 12.1. The highest BCUT2D eigenvalue weighted by Gasteiger charge is 2.37. The molecular weight excluding hydrogens is 351 g/mol. The summed E-state index contributed by atoms with van der Waals surface area (Å²) in [5.74, 6) is -0.203. The minimum absolute atomic E-state index is 0.0232. The summed E-state index contributed by atoms with van der Waals surface area (Å²) in [6.45, 7) is 2.79. The largest absolute Gasteiger partial charge is 0.435 e. The van der Waals surface area contributed by atoms with Crippen molar-refractivity contribution < 1.29 is 22.7 Å². The number of carbonyl (C=O) groups excluding carboxylic acids is 1. The van der Waals surface area contributed by atoms with Crippen molar-refractivity contribution in [3.63, 3.8) is 0 Å². The van der Waals surface area contributed by atoms with Crippen LogP contribution in [0.25, 0.3) is 0 Å². The summed E-state index contributed by atoms with van der Waals surface area (Å²) >= 11 is 0. The third-order valence-corrected chi connectivity index (χ3v) is 3.99. The van der Waals surface area contributed by atoms with Crippen molar-refractivity contribution in [2.24, 2.45) is 0 Å². The van der Waals surface area contributed by atoms with Gasteiger partial charge >= 0.3 is 6.18 Å². The standard InChI is InChI=1S/C16H20F3N5O2/c1-2-26-10-23-9-12(8-20-23)21-15(25)5-6-24-13(11-3-4-11)7-14(22-24)16(17,18)19/h7-9,11H,2-6,10H2,1H3,(H,21,25). The zero-order chi connectivity index (χ0) is 18.7. The van der Waals surface area contributed by atoms with E-state index in [-0.39, 0.29) is 31.5 Å². The number of nitrogens with zero attached hydrogens (tertiary/aromatic N) is 4. The maximum atomic E-state index is 12.9. The Bertz CT molecular complexity index is 764. The molecule has 1 N–H and O–H groups in total. The van der Waals surface area contributed by atoms with Crippen molar-refractivity contribution >= 4 is 11.6 Å². The van der Waals surface area contributed by atoms with Gasteiger partial charge in [-0.25, -0.2) is 4.68 Å². The molecule has 1 saturated carbocycles. The first kappa shape index (κ1) is 18.4. The Morgan fingerprint density at radius 2 is 2.19 bits per heavy atom. The van der Waals surface area contributed by atoms with Crippen molar-refractivity contribution in [1.29, 1.82) is 0 Å². The molecule has 0 atom stereocenters.